The molecule has 0 aliphatic heterocycles. The summed E-state index contributed by atoms with van der Waals surface area (Å²) >= 11 is 0. The molecule has 0 fully saturated rings. The van der Waals surface area contributed by atoms with Gasteiger partial charge in [0.25, 0.3) is 0 Å². The second-order valence-electron chi connectivity index (χ2n) is 7.04. The van der Waals surface area contributed by atoms with E-state index in [-0.39, 0.29) is 18.9 Å². The third kappa shape index (κ3) is 3.69. The SMILES string of the molecule is Cc1ccc2nc(CCNC(=O)CCn3c(=O)oc4ccc(C)cc43)[nH]c2c1. The van der Waals surface area contributed by atoms with Gasteiger partial charge in [0, 0.05) is 25.9 Å². The Morgan fingerprint density at radius 2 is 1.96 bits per heavy atom. The number of hydrogen-bond acceptors (Lipinski definition) is 4. The zero-order chi connectivity index (χ0) is 19.7. The van der Waals surface area contributed by atoms with Crippen LogP contribution in [0.3, 0.4) is 0 Å². The zero-order valence-corrected chi connectivity index (χ0v) is 15.9. The molecule has 2 aromatic heterocycles. The predicted molar refractivity (Wildman–Crippen MR) is 107 cm³/mol. The number of benzene rings is 2. The lowest BCUT2D eigenvalue weighted by Gasteiger charge is -2.05. The number of H-pyrrole nitrogens is 1. The van der Waals surface area contributed by atoms with Gasteiger partial charge >= 0.3 is 5.76 Å². The van der Waals surface area contributed by atoms with Gasteiger partial charge in [-0.1, -0.05) is 12.1 Å². The largest absolute Gasteiger partial charge is 0.419 e. The van der Waals surface area contributed by atoms with E-state index in [1.807, 2.05) is 38.1 Å². The van der Waals surface area contributed by atoms with Gasteiger partial charge in [0.15, 0.2) is 5.58 Å². The van der Waals surface area contributed by atoms with E-state index in [0.29, 0.717) is 18.5 Å². The molecule has 7 nitrogen and oxygen atoms in total. The fourth-order valence-corrected chi connectivity index (χ4v) is 3.30. The van der Waals surface area contributed by atoms with Crippen molar-refractivity contribution < 1.29 is 9.21 Å². The molecule has 0 spiro atoms. The number of nitrogens with zero attached hydrogens (tertiary/aromatic N) is 2. The van der Waals surface area contributed by atoms with Crippen molar-refractivity contribution in [1.82, 2.24) is 19.9 Å². The molecule has 2 heterocycles. The standard InChI is InChI=1S/C21H22N4O3/c1-13-3-5-15-16(11-13)24-19(23-15)7-9-22-20(26)8-10-25-17-12-14(2)4-6-18(17)28-21(25)27/h3-6,11-12H,7-10H2,1-2H3,(H,22,26)(H,23,24). The molecule has 4 rings (SSSR count). The lowest BCUT2D eigenvalue weighted by Crippen LogP contribution is -2.28. The molecule has 0 aliphatic rings. The molecule has 7 heteroatoms. The number of oxazole rings is 1. The summed E-state index contributed by atoms with van der Waals surface area (Å²) in [6, 6.07) is 11.6. The van der Waals surface area contributed by atoms with Crippen LogP contribution < -0.4 is 11.1 Å². The number of carbonyl (C=O) groups is 1. The van der Waals surface area contributed by atoms with Crippen molar-refractivity contribution in [2.24, 2.45) is 0 Å². The van der Waals surface area contributed by atoms with Gasteiger partial charge in [-0.15, -0.1) is 0 Å². The van der Waals surface area contributed by atoms with E-state index in [4.69, 9.17) is 4.42 Å². The van der Waals surface area contributed by atoms with Crippen molar-refractivity contribution in [1.29, 1.82) is 0 Å². The minimum Gasteiger partial charge on any atom is -0.408 e. The first-order valence-electron chi connectivity index (χ1n) is 9.31. The van der Waals surface area contributed by atoms with Crippen molar-refractivity contribution in [3.63, 3.8) is 0 Å². The molecule has 1 amide bonds. The van der Waals surface area contributed by atoms with E-state index in [2.05, 4.69) is 21.4 Å². The van der Waals surface area contributed by atoms with Crippen molar-refractivity contribution in [2.45, 2.75) is 33.2 Å². The molecule has 28 heavy (non-hydrogen) atoms. The number of aryl methyl sites for hydroxylation is 3. The molecular weight excluding hydrogens is 356 g/mol. The Labute approximate surface area is 161 Å². The zero-order valence-electron chi connectivity index (χ0n) is 15.9. The summed E-state index contributed by atoms with van der Waals surface area (Å²) in [6.07, 6.45) is 0.828. The van der Waals surface area contributed by atoms with Gasteiger partial charge in [-0.25, -0.2) is 9.78 Å². The fraction of sp³-hybridized carbons (Fsp3) is 0.286. The molecule has 0 bridgehead atoms. The van der Waals surface area contributed by atoms with E-state index in [1.54, 1.807) is 6.07 Å². The summed E-state index contributed by atoms with van der Waals surface area (Å²) in [5, 5.41) is 2.88. The van der Waals surface area contributed by atoms with Crippen molar-refractivity contribution in [2.75, 3.05) is 6.54 Å². The Balaban J connectivity index is 1.33. The summed E-state index contributed by atoms with van der Waals surface area (Å²) in [5.74, 6) is 0.292. The maximum Gasteiger partial charge on any atom is 0.419 e. The van der Waals surface area contributed by atoms with E-state index in [0.717, 1.165) is 27.9 Å². The summed E-state index contributed by atoms with van der Waals surface area (Å²) in [5.41, 5.74) is 5.39. The monoisotopic (exact) mass is 378 g/mol. The maximum atomic E-state index is 12.2. The molecule has 0 saturated heterocycles. The maximum absolute atomic E-state index is 12.2. The Hall–Kier alpha value is -3.35. The van der Waals surface area contributed by atoms with Gasteiger partial charge in [-0.05, 0) is 49.2 Å². The minimum absolute atomic E-state index is 0.110. The second-order valence-corrected chi connectivity index (χ2v) is 7.04. The molecule has 0 radical (unpaired) electrons. The summed E-state index contributed by atoms with van der Waals surface area (Å²) in [6.45, 7) is 4.76. The molecule has 144 valence electrons. The van der Waals surface area contributed by atoms with Crippen LogP contribution in [0.4, 0.5) is 0 Å². The smallest absolute Gasteiger partial charge is 0.408 e. The van der Waals surface area contributed by atoms with Gasteiger partial charge in [0.05, 0.1) is 16.6 Å². The lowest BCUT2D eigenvalue weighted by atomic mass is 10.2. The highest BCUT2D eigenvalue weighted by Crippen LogP contribution is 2.15. The van der Waals surface area contributed by atoms with Gasteiger partial charge in [0.2, 0.25) is 5.91 Å². The number of nitrogens with one attached hydrogen (secondary N) is 2. The number of imidazole rings is 1. The average Bonchev–Trinajstić information content (AvgIpc) is 3.19. The number of aromatic nitrogens is 3. The van der Waals surface area contributed by atoms with Gasteiger partial charge in [-0.3, -0.25) is 9.36 Å². The number of rotatable bonds is 6. The quantitative estimate of drug-likeness (QED) is 0.540. The van der Waals surface area contributed by atoms with Crippen LogP contribution in [0.1, 0.15) is 23.4 Å². The number of fused-ring (bicyclic) bond motifs is 2. The Kier molecular flexibility index (Phi) is 4.73. The average molecular weight is 378 g/mol. The molecule has 0 atom stereocenters. The van der Waals surface area contributed by atoms with Crippen molar-refractivity contribution in [3.05, 3.63) is 63.9 Å². The Morgan fingerprint density at radius 1 is 1.18 bits per heavy atom. The van der Waals surface area contributed by atoms with E-state index < -0.39 is 5.76 Å². The topological polar surface area (TPSA) is 92.9 Å². The summed E-state index contributed by atoms with van der Waals surface area (Å²) < 4.78 is 6.73. The van der Waals surface area contributed by atoms with E-state index in [9.17, 15) is 9.59 Å². The van der Waals surface area contributed by atoms with Crippen LogP contribution in [0.5, 0.6) is 0 Å². The molecular formula is C21H22N4O3. The van der Waals surface area contributed by atoms with Gasteiger partial charge in [-0.2, -0.15) is 0 Å². The van der Waals surface area contributed by atoms with Gasteiger partial charge in [0.1, 0.15) is 5.82 Å². The Morgan fingerprint density at radius 3 is 2.82 bits per heavy atom. The third-order valence-corrected chi connectivity index (χ3v) is 4.76. The summed E-state index contributed by atoms with van der Waals surface area (Å²) in [7, 11) is 0. The van der Waals surface area contributed by atoms with Crippen molar-refractivity contribution >= 4 is 28.0 Å². The number of aromatic amines is 1. The highest BCUT2D eigenvalue weighted by molar-refractivity contribution is 5.77. The highest BCUT2D eigenvalue weighted by atomic mass is 16.4. The number of amides is 1. The van der Waals surface area contributed by atoms with Crippen LogP contribution in [-0.2, 0) is 17.8 Å². The van der Waals surface area contributed by atoms with Crippen molar-refractivity contribution in [3.8, 4) is 0 Å². The second kappa shape index (κ2) is 7.34. The third-order valence-electron chi connectivity index (χ3n) is 4.76. The van der Waals surface area contributed by atoms with Crippen LogP contribution in [0.25, 0.3) is 22.1 Å². The first-order chi connectivity index (χ1) is 13.5. The molecule has 4 aromatic rings. The summed E-state index contributed by atoms with van der Waals surface area (Å²) in [4.78, 5) is 32.0. The van der Waals surface area contributed by atoms with Gasteiger partial charge < -0.3 is 14.7 Å². The molecule has 0 unspecified atom stereocenters. The first kappa shape index (κ1) is 18.0. The van der Waals surface area contributed by atoms with Crippen LogP contribution in [-0.4, -0.2) is 27.0 Å². The molecule has 2 aromatic carbocycles. The fourth-order valence-electron chi connectivity index (χ4n) is 3.30. The lowest BCUT2D eigenvalue weighted by molar-refractivity contribution is -0.121. The number of carbonyl (C=O) groups excluding carboxylic acids is 1. The normalized spacial score (nSPS) is 11.4. The highest BCUT2D eigenvalue weighted by Gasteiger charge is 2.11. The predicted octanol–water partition coefficient (Wildman–Crippen LogP) is 2.84. The first-order valence-corrected chi connectivity index (χ1v) is 9.31. The van der Waals surface area contributed by atoms with E-state index >= 15 is 0 Å². The minimum atomic E-state index is -0.439. The molecule has 0 saturated carbocycles. The molecule has 0 aliphatic carbocycles. The Bertz CT molecular complexity index is 1220. The van der Waals surface area contributed by atoms with Crippen LogP contribution in [0.15, 0.2) is 45.6 Å². The molecule has 2 N–H and O–H groups in total. The van der Waals surface area contributed by atoms with E-state index in [1.165, 1.54) is 10.1 Å². The van der Waals surface area contributed by atoms with Crippen LogP contribution >= 0.6 is 0 Å². The number of hydrogen-bond donors (Lipinski definition) is 2. The van der Waals surface area contributed by atoms with Crippen LogP contribution in [0, 0.1) is 13.8 Å². The van der Waals surface area contributed by atoms with Crippen LogP contribution in [0.2, 0.25) is 0 Å².